The van der Waals surface area contributed by atoms with Gasteiger partial charge in [-0.25, -0.2) is 4.89 Å². The molecule has 0 aliphatic carbocycles. The molecule has 2 rings (SSSR count). The molecular weight excluding hydrogens is 435 g/mol. The Kier molecular flexibility index (Phi) is 6.74. The van der Waals surface area contributed by atoms with Crippen LogP contribution in [0.1, 0.15) is 29.2 Å². The maximum Gasteiger partial charge on any atom is 0.417 e. The van der Waals surface area contributed by atoms with E-state index in [2.05, 4.69) is 4.89 Å². The number of aliphatic hydroxyl groups is 1. The zero-order chi connectivity index (χ0) is 22.9. The summed E-state index contributed by atoms with van der Waals surface area (Å²) in [6, 6.07) is 5.15. The first-order valence-electron chi connectivity index (χ1n) is 8.07. The van der Waals surface area contributed by atoms with Crippen LogP contribution in [0.4, 0.5) is 39.5 Å². The Labute approximate surface area is 163 Å². The Morgan fingerprint density at radius 2 is 1.20 bits per heavy atom. The van der Waals surface area contributed by atoms with Crippen molar-refractivity contribution >= 4 is 0 Å². The molecule has 12 heteroatoms. The van der Waals surface area contributed by atoms with Crippen LogP contribution in [0.3, 0.4) is 0 Å². The molecule has 0 aromatic heterocycles. The normalized spacial score (nSPS) is 15.2. The first-order valence-corrected chi connectivity index (χ1v) is 8.07. The smallest absolute Gasteiger partial charge is 0.388 e. The van der Waals surface area contributed by atoms with Crippen molar-refractivity contribution in [3.05, 3.63) is 59.2 Å². The van der Waals surface area contributed by atoms with Crippen molar-refractivity contribution in [1.29, 1.82) is 0 Å². The van der Waals surface area contributed by atoms with Gasteiger partial charge in [-0.1, -0.05) is 24.3 Å². The lowest BCUT2D eigenvalue weighted by Crippen LogP contribution is -2.32. The predicted octanol–water partition coefficient (Wildman–Crippen LogP) is 6.24. The molecule has 0 spiro atoms. The molecule has 166 valence electrons. The summed E-state index contributed by atoms with van der Waals surface area (Å²) in [5, 5.41) is 18.2. The van der Waals surface area contributed by atoms with Gasteiger partial charge in [-0.2, -0.15) is 39.5 Å². The summed E-state index contributed by atoms with van der Waals surface area (Å²) in [5.74, 6) is 0. The molecule has 0 aliphatic rings. The molecule has 2 atom stereocenters. The maximum absolute atomic E-state index is 12.9. The van der Waals surface area contributed by atoms with Crippen LogP contribution in [0.25, 0.3) is 11.1 Å². The number of hydrogen-bond donors (Lipinski definition) is 2. The van der Waals surface area contributed by atoms with Gasteiger partial charge in [-0.3, -0.25) is 5.26 Å². The van der Waals surface area contributed by atoms with Gasteiger partial charge in [0.2, 0.25) is 0 Å². The topological polar surface area (TPSA) is 49.7 Å². The number of rotatable bonds is 5. The van der Waals surface area contributed by atoms with Crippen molar-refractivity contribution in [2.45, 2.75) is 37.2 Å². The van der Waals surface area contributed by atoms with Crippen LogP contribution >= 0.6 is 0 Å². The summed E-state index contributed by atoms with van der Waals surface area (Å²) >= 11 is 0. The van der Waals surface area contributed by atoms with Gasteiger partial charge < -0.3 is 5.11 Å². The van der Waals surface area contributed by atoms with E-state index in [4.69, 9.17) is 5.26 Å². The zero-order valence-corrected chi connectivity index (χ0v) is 14.6. The van der Waals surface area contributed by atoms with Crippen LogP contribution in [0.5, 0.6) is 0 Å². The van der Waals surface area contributed by atoms with Gasteiger partial charge in [-0.15, -0.1) is 0 Å². The first-order chi connectivity index (χ1) is 13.6. The van der Waals surface area contributed by atoms with E-state index >= 15 is 0 Å². The quantitative estimate of drug-likeness (QED) is 0.324. The van der Waals surface area contributed by atoms with Crippen molar-refractivity contribution in [1.82, 2.24) is 0 Å². The van der Waals surface area contributed by atoms with Gasteiger partial charge in [-0.05, 0) is 34.9 Å². The second-order valence-corrected chi connectivity index (χ2v) is 6.30. The van der Waals surface area contributed by atoms with Crippen LogP contribution in [-0.4, -0.2) is 22.6 Å². The van der Waals surface area contributed by atoms with E-state index in [-0.39, 0.29) is 17.2 Å². The van der Waals surface area contributed by atoms with Crippen LogP contribution in [0, 0.1) is 0 Å². The van der Waals surface area contributed by atoms with Gasteiger partial charge in [0, 0.05) is 6.42 Å². The number of aliphatic hydroxyl groups excluding tert-OH is 1. The standard InChI is InChI=1S/C18H13F9O3/c19-16(20,21)12-5-11(6-13(7-12)17(22,23)24)9-1-3-10(4-2-9)14(28)8-15(30-29)18(25,26)27/h1-7,14-15,28-29H,8H2. The Bertz CT molecular complexity index is 823. The Hall–Kier alpha value is -2.31. The molecule has 2 aromatic carbocycles. The van der Waals surface area contributed by atoms with Gasteiger partial charge in [0.1, 0.15) is 0 Å². The molecule has 0 heterocycles. The number of alkyl halides is 9. The summed E-state index contributed by atoms with van der Waals surface area (Å²) in [7, 11) is 0. The summed E-state index contributed by atoms with van der Waals surface area (Å²) in [4.78, 5) is 3.29. The summed E-state index contributed by atoms with van der Waals surface area (Å²) < 4.78 is 115. The molecule has 0 radical (unpaired) electrons. The highest BCUT2D eigenvalue weighted by Crippen LogP contribution is 2.39. The second kappa shape index (κ2) is 8.44. The second-order valence-electron chi connectivity index (χ2n) is 6.30. The van der Waals surface area contributed by atoms with Gasteiger partial charge in [0.05, 0.1) is 17.2 Å². The lowest BCUT2D eigenvalue weighted by atomic mass is 9.96. The number of hydrogen-bond acceptors (Lipinski definition) is 3. The highest BCUT2D eigenvalue weighted by molar-refractivity contribution is 5.66. The molecule has 2 N–H and O–H groups in total. The lowest BCUT2D eigenvalue weighted by Gasteiger charge is -2.20. The molecule has 0 saturated carbocycles. The molecule has 30 heavy (non-hydrogen) atoms. The fraction of sp³-hybridized carbons (Fsp3) is 0.333. The van der Waals surface area contributed by atoms with Crippen molar-refractivity contribution in [2.75, 3.05) is 0 Å². The fourth-order valence-electron chi connectivity index (χ4n) is 2.59. The molecule has 2 aromatic rings. The van der Waals surface area contributed by atoms with E-state index in [1.807, 2.05) is 0 Å². The monoisotopic (exact) mass is 448 g/mol. The van der Waals surface area contributed by atoms with Crippen molar-refractivity contribution < 1.29 is 54.8 Å². The predicted molar refractivity (Wildman–Crippen MR) is 85.0 cm³/mol. The van der Waals surface area contributed by atoms with E-state index in [0.717, 1.165) is 24.3 Å². The molecule has 2 unspecified atom stereocenters. The highest BCUT2D eigenvalue weighted by atomic mass is 19.4. The van der Waals surface area contributed by atoms with Crippen molar-refractivity contribution in [2.24, 2.45) is 0 Å². The molecule has 0 amide bonds. The zero-order valence-electron chi connectivity index (χ0n) is 14.6. The number of halogens is 9. The van der Waals surface area contributed by atoms with Crippen LogP contribution in [0.15, 0.2) is 42.5 Å². The Morgan fingerprint density at radius 1 is 0.733 bits per heavy atom. The minimum absolute atomic E-state index is 0.0339. The Balaban J connectivity index is 2.36. The molecule has 0 saturated heterocycles. The molecule has 0 aliphatic heterocycles. The summed E-state index contributed by atoms with van der Waals surface area (Å²) in [6.45, 7) is 0. The largest absolute Gasteiger partial charge is 0.417 e. The molecule has 3 nitrogen and oxygen atoms in total. The third-order valence-electron chi connectivity index (χ3n) is 4.15. The van der Waals surface area contributed by atoms with Crippen LogP contribution < -0.4 is 0 Å². The van der Waals surface area contributed by atoms with Crippen molar-refractivity contribution in [3.63, 3.8) is 0 Å². The third kappa shape index (κ3) is 5.86. The SMILES string of the molecule is OOC(CC(O)c1ccc(-c2cc(C(F)(F)F)cc(C(F)(F)F)c2)cc1)C(F)(F)F. The van der Waals surface area contributed by atoms with E-state index < -0.39 is 53.8 Å². The van der Waals surface area contributed by atoms with E-state index in [1.54, 1.807) is 0 Å². The lowest BCUT2D eigenvalue weighted by molar-refractivity contribution is -0.354. The minimum Gasteiger partial charge on any atom is -0.388 e. The third-order valence-corrected chi connectivity index (χ3v) is 4.15. The van der Waals surface area contributed by atoms with Crippen molar-refractivity contribution in [3.8, 4) is 11.1 Å². The Morgan fingerprint density at radius 3 is 1.57 bits per heavy atom. The minimum atomic E-state index is -5.04. The maximum atomic E-state index is 12.9. The van der Waals surface area contributed by atoms with E-state index in [0.29, 0.717) is 12.1 Å². The summed E-state index contributed by atoms with van der Waals surface area (Å²) in [5.41, 5.74) is -3.68. The first kappa shape index (κ1) is 24.0. The van der Waals surface area contributed by atoms with E-state index in [9.17, 15) is 44.6 Å². The molecule has 0 bridgehead atoms. The molecular formula is C18H13F9O3. The average Bonchev–Trinajstić information content (AvgIpc) is 2.63. The van der Waals surface area contributed by atoms with Crippen LogP contribution in [0.2, 0.25) is 0 Å². The molecule has 0 fully saturated rings. The van der Waals surface area contributed by atoms with Gasteiger partial charge >= 0.3 is 18.5 Å². The van der Waals surface area contributed by atoms with Gasteiger partial charge in [0.25, 0.3) is 0 Å². The average molecular weight is 448 g/mol. The van der Waals surface area contributed by atoms with Crippen LogP contribution in [-0.2, 0) is 17.2 Å². The van der Waals surface area contributed by atoms with E-state index in [1.165, 1.54) is 0 Å². The highest BCUT2D eigenvalue weighted by Gasteiger charge is 2.42. The fourth-order valence-corrected chi connectivity index (χ4v) is 2.59. The summed E-state index contributed by atoms with van der Waals surface area (Å²) in [6.07, 6.45) is -20.6. The van der Waals surface area contributed by atoms with Gasteiger partial charge in [0.15, 0.2) is 6.10 Å². The number of benzene rings is 2.